The van der Waals surface area contributed by atoms with E-state index < -0.39 is 58.6 Å². The van der Waals surface area contributed by atoms with Crippen molar-refractivity contribution in [2.75, 3.05) is 31.3 Å². The van der Waals surface area contributed by atoms with Crippen LogP contribution in [0.2, 0.25) is 0 Å². The van der Waals surface area contributed by atoms with E-state index in [-0.39, 0.29) is 30.1 Å². The maximum absolute atomic E-state index is 17.6. The number of hydrogen-bond donors (Lipinski definition) is 3. The van der Waals surface area contributed by atoms with E-state index in [1.165, 1.54) is 23.8 Å². The number of fused-ring (bicyclic) bond motifs is 7. The van der Waals surface area contributed by atoms with Crippen LogP contribution in [0.1, 0.15) is 51.5 Å². The lowest BCUT2D eigenvalue weighted by molar-refractivity contribution is -0.228. The van der Waals surface area contributed by atoms with E-state index in [0.29, 0.717) is 18.9 Å². The zero-order valence-corrected chi connectivity index (χ0v) is 24.9. The molecule has 232 valence electrons. The van der Waals surface area contributed by atoms with Crippen molar-refractivity contribution in [3.8, 4) is 0 Å². The lowest BCUT2D eigenvalue weighted by Crippen LogP contribution is -2.70. The molecular weight excluding hydrogens is 554 g/mol. The van der Waals surface area contributed by atoms with Crippen LogP contribution in [-0.4, -0.2) is 71.6 Å². The number of alkyl halides is 2. The molecule has 2 heterocycles. The van der Waals surface area contributed by atoms with Gasteiger partial charge in [-0.15, -0.1) is 0 Å². The minimum Gasteiger partial charge on any atom is -0.390 e. The molecule has 7 rings (SSSR count). The Morgan fingerprint density at radius 2 is 1.86 bits per heavy atom. The number of rotatable bonds is 5. The number of hydrogen-bond acceptors (Lipinski definition) is 7. The summed E-state index contributed by atoms with van der Waals surface area (Å²) in [5, 5.41) is 27.0. The van der Waals surface area contributed by atoms with Gasteiger partial charge in [-0.05, 0) is 106 Å². The number of Topliss-reactive ketones (excluding diaryl/α,β-unsaturated/α-hetero) is 1. The third-order valence-corrected chi connectivity index (χ3v) is 12.4. The van der Waals surface area contributed by atoms with Crippen LogP contribution in [0.5, 0.6) is 0 Å². The molecule has 0 aromatic heterocycles. The SMILES string of the molecule is C[C@]12C=CC(=O)C=C1[C@@H](F)C[C@H]1[C@@H]3C[C@H]4CN(c5ccc(CC6CCNCC6)cc5)O[C@@]4(C(=O)CO)[C@@]3(C)C[C@H](O)[C@@]12F. The van der Waals surface area contributed by atoms with E-state index in [0.717, 1.165) is 38.0 Å². The fourth-order valence-corrected chi connectivity index (χ4v) is 10.2. The Hall–Kier alpha value is -2.46. The lowest BCUT2D eigenvalue weighted by Gasteiger charge is -2.63. The summed E-state index contributed by atoms with van der Waals surface area (Å²) in [5.74, 6) is -1.98. The molecule has 1 aromatic carbocycles. The monoisotopic (exact) mass is 596 g/mol. The van der Waals surface area contributed by atoms with Crippen LogP contribution in [-0.2, 0) is 20.8 Å². The van der Waals surface area contributed by atoms with Crippen molar-refractivity contribution in [2.24, 2.45) is 34.5 Å². The van der Waals surface area contributed by atoms with Gasteiger partial charge in [0.15, 0.2) is 22.8 Å². The van der Waals surface area contributed by atoms with Crippen LogP contribution >= 0.6 is 0 Å². The van der Waals surface area contributed by atoms with Crippen LogP contribution in [0, 0.1) is 34.5 Å². The molecule has 1 aromatic rings. The van der Waals surface area contributed by atoms with Gasteiger partial charge in [-0.25, -0.2) is 8.78 Å². The summed E-state index contributed by atoms with van der Waals surface area (Å²) in [6.45, 7) is 5.13. The van der Waals surface area contributed by atoms with Gasteiger partial charge in [0.05, 0.1) is 18.3 Å². The van der Waals surface area contributed by atoms with Crippen molar-refractivity contribution in [3.05, 3.63) is 53.6 Å². The largest absolute Gasteiger partial charge is 0.390 e. The van der Waals surface area contributed by atoms with E-state index in [9.17, 15) is 19.8 Å². The summed E-state index contributed by atoms with van der Waals surface area (Å²) in [4.78, 5) is 32.5. The second-order valence-corrected chi connectivity index (χ2v) is 14.3. The normalized spacial score (nSPS) is 44.0. The van der Waals surface area contributed by atoms with Gasteiger partial charge in [-0.3, -0.25) is 19.5 Å². The Bertz CT molecular complexity index is 1380. The maximum atomic E-state index is 17.6. The van der Waals surface area contributed by atoms with Crippen molar-refractivity contribution in [1.29, 1.82) is 0 Å². The predicted molar refractivity (Wildman–Crippen MR) is 157 cm³/mol. The molecule has 2 saturated heterocycles. The molecule has 5 fully saturated rings. The molecule has 4 aliphatic carbocycles. The highest BCUT2D eigenvalue weighted by Gasteiger charge is 2.79. The molecule has 3 N–H and O–H groups in total. The summed E-state index contributed by atoms with van der Waals surface area (Å²) in [5.41, 5.74) is -4.13. The fraction of sp³-hybridized carbons (Fsp3) is 0.647. The lowest BCUT2D eigenvalue weighted by atomic mass is 9.44. The number of allylic oxidation sites excluding steroid dienone is 4. The number of carbonyl (C=O) groups excluding carboxylic acids is 2. The van der Waals surface area contributed by atoms with Crippen LogP contribution in [0.4, 0.5) is 14.5 Å². The molecule has 9 heteroatoms. The molecule has 0 bridgehead atoms. The molecular formula is C34H42F2N2O5. The third kappa shape index (κ3) is 3.90. The first kappa shape index (κ1) is 29.3. The van der Waals surface area contributed by atoms with Crippen molar-refractivity contribution in [1.82, 2.24) is 5.32 Å². The minimum absolute atomic E-state index is 0.0757. The van der Waals surface area contributed by atoms with Crippen LogP contribution in [0.15, 0.2) is 48.1 Å². The number of benzene rings is 1. The maximum Gasteiger partial charge on any atom is 0.193 e. The molecule has 0 radical (unpaired) electrons. The number of hydroxylamine groups is 1. The predicted octanol–water partition coefficient (Wildman–Crippen LogP) is 3.83. The average molecular weight is 597 g/mol. The fourth-order valence-electron chi connectivity index (χ4n) is 10.2. The van der Waals surface area contributed by atoms with Crippen molar-refractivity contribution in [3.63, 3.8) is 0 Å². The van der Waals surface area contributed by atoms with Gasteiger partial charge in [0.1, 0.15) is 12.8 Å². The number of ketones is 2. The molecule has 6 aliphatic rings. The van der Waals surface area contributed by atoms with Crippen molar-refractivity contribution < 1.29 is 33.4 Å². The summed E-state index contributed by atoms with van der Waals surface area (Å²) in [7, 11) is 0. The Morgan fingerprint density at radius 1 is 1.14 bits per heavy atom. The Balaban J connectivity index is 1.20. The van der Waals surface area contributed by atoms with Gasteiger partial charge < -0.3 is 15.5 Å². The molecule has 0 unspecified atom stereocenters. The first-order valence-electron chi connectivity index (χ1n) is 15.8. The number of halogens is 2. The first-order valence-corrected chi connectivity index (χ1v) is 15.8. The summed E-state index contributed by atoms with van der Waals surface area (Å²) in [6, 6.07) is 8.19. The van der Waals surface area contributed by atoms with E-state index in [1.807, 2.05) is 19.1 Å². The first-order chi connectivity index (χ1) is 20.5. The Morgan fingerprint density at radius 3 is 2.56 bits per heavy atom. The molecule has 9 atom stereocenters. The van der Waals surface area contributed by atoms with Crippen LogP contribution < -0.4 is 10.4 Å². The molecule has 0 amide bonds. The Labute approximate surface area is 251 Å². The van der Waals surface area contributed by atoms with Crippen LogP contribution in [0.25, 0.3) is 0 Å². The van der Waals surface area contributed by atoms with Gasteiger partial charge in [0.2, 0.25) is 0 Å². The molecule has 3 saturated carbocycles. The van der Waals surface area contributed by atoms with Crippen molar-refractivity contribution >= 4 is 17.3 Å². The Kier molecular flexibility index (Phi) is 6.82. The number of aliphatic hydroxyl groups is 2. The number of anilines is 1. The van der Waals surface area contributed by atoms with E-state index in [4.69, 9.17) is 4.84 Å². The summed E-state index contributed by atoms with van der Waals surface area (Å²) in [6.07, 6.45) is 4.24. The summed E-state index contributed by atoms with van der Waals surface area (Å²) >= 11 is 0. The highest BCUT2D eigenvalue weighted by Crippen LogP contribution is 2.72. The average Bonchev–Trinajstić information content (AvgIpc) is 3.49. The zero-order valence-electron chi connectivity index (χ0n) is 24.9. The highest BCUT2D eigenvalue weighted by atomic mass is 19.1. The second-order valence-electron chi connectivity index (χ2n) is 14.3. The van der Waals surface area contributed by atoms with Gasteiger partial charge in [0, 0.05) is 22.7 Å². The summed E-state index contributed by atoms with van der Waals surface area (Å²) < 4.78 is 33.4. The topological polar surface area (TPSA) is 99.1 Å². The zero-order chi connectivity index (χ0) is 30.4. The van der Waals surface area contributed by atoms with Gasteiger partial charge >= 0.3 is 0 Å². The van der Waals surface area contributed by atoms with E-state index >= 15 is 8.78 Å². The molecule has 0 spiro atoms. The number of carbonyl (C=O) groups is 2. The third-order valence-electron chi connectivity index (χ3n) is 12.4. The molecule has 2 aliphatic heterocycles. The van der Waals surface area contributed by atoms with E-state index in [2.05, 4.69) is 17.4 Å². The standard InChI is InChI=1S/C34H42F2N2O5/c1-31-10-7-24(40)15-27(31)28(35)16-26-25-14-22-18-38(23-5-3-20(4-6-23)13-21-8-11-37-12-9-21)43-34(22,30(42)19-39)32(25,2)17-29(41)33(26,31)36/h3-7,10,15,21-22,25-26,28-29,37,39,41H,8-9,11-14,16-19H2,1-2H3/t22-,25-,26-,28-,29-,31-,32-,33-,34-/m0/s1. The minimum atomic E-state index is -2.23. The smallest absolute Gasteiger partial charge is 0.193 e. The second kappa shape index (κ2) is 10.0. The van der Waals surface area contributed by atoms with Gasteiger partial charge in [-0.2, -0.15) is 0 Å². The number of aliphatic hydroxyl groups excluding tert-OH is 2. The highest BCUT2D eigenvalue weighted by molar-refractivity contribution is 6.01. The van der Waals surface area contributed by atoms with Crippen molar-refractivity contribution in [2.45, 2.75) is 75.9 Å². The van der Waals surface area contributed by atoms with Gasteiger partial charge in [-0.1, -0.05) is 25.1 Å². The van der Waals surface area contributed by atoms with Crippen LogP contribution in [0.3, 0.4) is 0 Å². The quantitative estimate of drug-likeness (QED) is 0.476. The molecule has 7 nitrogen and oxygen atoms in total. The van der Waals surface area contributed by atoms with E-state index in [1.54, 1.807) is 12.0 Å². The number of piperidine rings is 1. The molecule has 43 heavy (non-hydrogen) atoms. The number of nitrogens with zero attached hydrogens (tertiary/aromatic N) is 1. The number of nitrogens with one attached hydrogen (secondary N) is 1. The van der Waals surface area contributed by atoms with Gasteiger partial charge in [0.25, 0.3) is 0 Å².